The molecule has 2 aromatic heterocycles. The molecule has 0 saturated heterocycles. The molecule has 0 bridgehead atoms. The van der Waals surface area contributed by atoms with Gasteiger partial charge in [0.05, 0.1) is 15.7 Å². The Morgan fingerprint density at radius 1 is 1.12 bits per heavy atom. The van der Waals surface area contributed by atoms with Crippen molar-refractivity contribution in [2.24, 2.45) is 5.41 Å². The highest BCUT2D eigenvalue weighted by atomic mass is 35.5. The first-order valence-corrected chi connectivity index (χ1v) is 11.0. The highest BCUT2D eigenvalue weighted by molar-refractivity contribution is 6.37. The summed E-state index contributed by atoms with van der Waals surface area (Å²) in [5.74, 6) is -3.14. The predicted molar refractivity (Wildman–Crippen MR) is 121 cm³/mol. The Balaban J connectivity index is 1.45. The number of alkyl halides is 2. The van der Waals surface area contributed by atoms with Crippen molar-refractivity contribution in [3.05, 3.63) is 71.2 Å². The number of aromatic nitrogens is 4. The third-order valence-electron chi connectivity index (χ3n) is 6.47. The third-order valence-corrected chi connectivity index (χ3v) is 7.03. The molecule has 2 heterocycles. The first-order chi connectivity index (χ1) is 16.0. The number of rotatable bonds is 4. The fourth-order valence-electron chi connectivity index (χ4n) is 4.85. The summed E-state index contributed by atoms with van der Waals surface area (Å²) >= 11 is 12.7. The van der Waals surface area contributed by atoms with Crippen LogP contribution in [0.25, 0.3) is 5.69 Å². The van der Waals surface area contributed by atoms with Crippen molar-refractivity contribution in [3.8, 4) is 17.2 Å². The minimum absolute atomic E-state index is 0.00692. The van der Waals surface area contributed by atoms with Crippen LogP contribution in [0.4, 0.5) is 14.6 Å². The number of halogens is 4. The molecular weight excluding hydrogens is 495 g/mol. The quantitative estimate of drug-likeness (QED) is 0.489. The van der Waals surface area contributed by atoms with Crippen LogP contribution in [0.5, 0.6) is 11.5 Å². The zero-order chi connectivity index (χ0) is 24.4. The molecular formula is C21H17Cl2F2N5O4. The van der Waals surface area contributed by atoms with Gasteiger partial charge in [0, 0.05) is 24.6 Å². The van der Waals surface area contributed by atoms with E-state index in [4.69, 9.17) is 33.7 Å². The zero-order valence-electron chi connectivity index (χ0n) is 17.3. The van der Waals surface area contributed by atoms with Gasteiger partial charge in [-0.25, -0.2) is 13.6 Å². The lowest BCUT2D eigenvalue weighted by Gasteiger charge is -2.59. The van der Waals surface area contributed by atoms with E-state index >= 15 is 0 Å². The number of nitrogens with one attached hydrogen (secondary N) is 2. The van der Waals surface area contributed by atoms with E-state index in [9.17, 15) is 23.2 Å². The Morgan fingerprint density at radius 2 is 1.79 bits per heavy atom. The van der Waals surface area contributed by atoms with E-state index in [-0.39, 0.29) is 51.6 Å². The Bertz CT molecular complexity index is 1470. The van der Waals surface area contributed by atoms with Gasteiger partial charge in [-0.2, -0.15) is 4.68 Å². The molecule has 1 aromatic carbocycles. The van der Waals surface area contributed by atoms with Crippen LogP contribution in [-0.2, 0) is 0 Å². The third kappa shape index (κ3) is 3.68. The van der Waals surface area contributed by atoms with Crippen LogP contribution in [0, 0.1) is 5.41 Å². The number of ether oxygens (including phenoxy) is 1. The maximum absolute atomic E-state index is 13.5. The molecule has 2 fully saturated rings. The Kier molecular flexibility index (Phi) is 5.10. The van der Waals surface area contributed by atoms with E-state index < -0.39 is 28.4 Å². The number of hydrogen-bond acceptors (Lipinski definition) is 6. The van der Waals surface area contributed by atoms with E-state index in [1.165, 1.54) is 24.4 Å². The average molecular weight is 512 g/mol. The van der Waals surface area contributed by atoms with Gasteiger partial charge in [-0.3, -0.25) is 14.6 Å². The first-order valence-electron chi connectivity index (χ1n) is 10.2. The second-order valence-corrected chi connectivity index (χ2v) is 9.49. The number of anilines is 1. The number of benzene rings is 1. The molecule has 1 unspecified atom stereocenters. The summed E-state index contributed by atoms with van der Waals surface area (Å²) in [6, 6.07) is 4.17. The van der Waals surface area contributed by atoms with Gasteiger partial charge < -0.3 is 15.5 Å². The largest absolute Gasteiger partial charge is 0.453 e. The molecule has 34 heavy (non-hydrogen) atoms. The standard InChI is InChI=1S/C21H17Cl2F2N5O4/c22-13-3-9(30-19(33)28-18(32)16(26)29-30)4-14(23)15(13)34-10-5-11(17(31)27-6-10)12-1-2-20(12)7-21(24,25)8-20/h3-6,12H,1-2,7-8H2,(H2,26,29)(H,27,31)(H,28,32,33). The number of nitrogen functional groups attached to an aromatic ring is 1. The Morgan fingerprint density at radius 3 is 2.38 bits per heavy atom. The van der Waals surface area contributed by atoms with E-state index in [2.05, 4.69) is 10.1 Å². The molecule has 5 rings (SSSR count). The molecule has 2 aliphatic rings. The topological polar surface area (TPSA) is 136 Å². The van der Waals surface area contributed by atoms with Gasteiger partial charge in [-0.05, 0) is 42.4 Å². The molecule has 1 atom stereocenters. The monoisotopic (exact) mass is 511 g/mol. The van der Waals surface area contributed by atoms with Crippen LogP contribution < -0.4 is 27.3 Å². The van der Waals surface area contributed by atoms with Gasteiger partial charge in [-0.15, -0.1) is 5.10 Å². The molecule has 9 nitrogen and oxygen atoms in total. The van der Waals surface area contributed by atoms with Crippen molar-refractivity contribution in [1.82, 2.24) is 19.7 Å². The maximum Gasteiger partial charge on any atom is 0.349 e. The second kappa shape index (κ2) is 7.67. The lowest BCUT2D eigenvalue weighted by Crippen LogP contribution is -2.55. The molecule has 178 valence electrons. The van der Waals surface area contributed by atoms with E-state index in [0.717, 1.165) is 4.68 Å². The van der Waals surface area contributed by atoms with Gasteiger partial charge >= 0.3 is 5.69 Å². The van der Waals surface area contributed by atoms with E-state index in [1.807, 2.05) is 4.98 Å². The second-order valence-electron chi connectivity index (χ2n) is 8.68. The number of nitrogens with zero attached hydrogens (tertiary/aromatic N) is 2. The SMILES string of the molecule is Nc1nn(-c2cc(Cl)c(Oc3c[nH]c(=O)c(C4CCC45CC(F)(F)C5)c3)c(Cl)c2)c(=O)[nH]c1=O. The van der Waals surface area contributed by atoms with Crippen molar-refractivity contribution >= 4 is 29.0 Å². The molecule has 2 aliphatic carbocycles. The van der Waals surface area contributed by atoms with Crippen molar-refractivity contribution in [1.29, 1.82) is 0 Å². The van der Waals surface area contributed by atoms with Crippen LogP contribution in [0.15, 0.2) is 38.8 Å². The van der Waals surface area contributed by atoms with Gasteiger partial charge in [0.25, 0.3) is 11.1 Å². The molecule has 3 aromatic rings. The smallest absolute Gasteiger partial charge is 0.349 e. The molecule has 4 N–H and O–H groups in total. The van der Waals surface area contributed by atoms with Crippen LogP contribution in [0.3, 0.4) is 0 Å². The van der Waals surface area contributed by atoms with Gasteiger partial charge in [-0.1, -0.05) is 23.2 Å². The fraction of sp³-hybridized carbons (Fsp3) is 0.333. The fourth-order valence-corrected chi connectivity index (χ4v) is 5.41. The summed E-state index contributed by atoms with van der Waals surface area (Å²) in [6.45, 7) is 0. The minimum Gasteiger partial charge on any atom is -0.453 e. The number of H-pyrrole nitrogens is 2. The number of hydrogen-bond donors (Lipinski definition) is 3. The molecule has 0 amide bonds. The van der Waals surface area contributed by atoms with E-state index in [0.29, 0.717) is 18.4 Å². The molecule has 1 spiro atoms. The summed E-state index contributed by atoms with van der Waals surface area (Å²) in [5.41, 5.74) is 3.39. The molecule has 0 aliphatic heterocycles. The summed E-state index contributed by atoms with van der Waals surface area (Å²) in [4.78, 5) is 40.6. The van der Waals surface area contributed by atoms with Gasteiger partial charge in [0.15, 0.2) is 5.75 Å². The van der Waals surface area contributed by atoms with Crippen molar-refractivity contribution in [3.63, 3.8) is 0 Å². The van der Waals surface area contributed by atoms with Crippen LogP contribution in [0.2, 0.25) is 10.0 Å². The number of pyridine rings is 1. The minimum atomic E-state index is -2.68. The lowest BCUT2D eigenvalue weighted by atomic mass is 9.47. The highest BCUT2D eigenvalue weighted by Gasteiger charge is 2.64. The number of aromatic amines is 2. The average Bonchev–Trinajstić information content (AvgIpc) is 2.72. The molecule has 0 radical (unpaired) electrons. The van der Waals surface area contributed by atoms with Crippen LogP contribution >= 0.6 is 23.2 Å². The molecule has 13 heteroatoms. The first kappa shape index (κ1) is 22.6. The maximum atomic E-state index is 13.5. The van der Waals surface area contributed by atoms with Gasteiger partial charge in [0.1, 0.15) is 5.75 Å². The summed E-state index contributed by atoms with van der Waals surface area (Å²) in [6.07, 6.45) is 2.16. The molecule has 2 saturated carbocycles. The Hall–Kier alpha value is -3.18. The zero-order valence-corrected chi connectivity index (χ0v) is 18.8. The van der Waals surface area contributed by atoms with E-state index in [1.54, 1.807) is 0 Å². The highest BCUT2D eigenvalue weighted by Crippen LogP contribution is 2.68. The van der Waals surface area contributed by atoms with Crippen molar-refractivity contribution in [2.45, 2.75) is 37.5 Å². The summed E-state index contributed by atoms with van der Waals surface area (Å²) in [7, 11) is 0. The van der Waals surface area contributed by atoms with Crippen molar-refractivity contribution in [2.75, 3.05) is 5.73 Å². The van der Waals surface area contributed by atoms with Gasteiger partial charge in [0.2, 0.25) is 11.7 Å². The van der Waals surface area contributed by atoms with Crippen molar-refractivity contribution < 1.29 is 13.5 Å². The van der Waals surface area contributed by atoms with Crippen LogP contribution in [-0.4, -0.2) is 25.7 Å². The lowest BCUT2D eigenvalue weighted by molar-refractivity contribution is -0.201. The number of nitrogens with two attached hydrogens (primary N) is 1. The predicted octanol–water partition coefficient (Wildman–Crippen LogP) is 3.58. The van der Waals surface area contributed by atoms with Crippen LogP contribution in [0.1, 0.15) is 37.2 Å². The Labute approximate surface area is 199 Å². The summed E-state index contributed by atoms with van der Waals surface area (Å²) < 4.78 is 33.7. The summed E-state index contributed by atoms with van der Waals surface area (Å²) in [5, 5.41) is 3.73. The normalized spacial score (nSPS) is 19.9.